The van der Waals surface area contributed by atoms with Gasteiger partial charge in [-0.15, -0.1) is 0 Å². The van der Waals surface area contributed by atoms with Gasteiger partial charge < -0.3 is 61.3 Å². The van der Waals surface area contributed by atoms with Crippen molar-refractivity contribution in [3.63, 3.8) is 0 Å². The number of aliphatic carboxylic acids is 1. The number of nitrogens with two attached hydrogens (primary N) is 1. The number of carboxylic acids is 1. The van der Waals surface area contributed by atoms with Gasteiger partial charge in [-0.1, -0.05) is 260 Å². The number of aromatic nitrogens is 4. The SMILES string of the molecule is CC(C)CN(CC(C)C)c1ccc(C2(C(=O)O)CCCC2)cc1Nc1nc2ccccc2[nH]1.CC(C)CN(CC(C)C)c1ccc(C2(C)CCCC2)cc1N.CC(C)CN(CC(C)C)c1ccc(C2(C)CCCC2)cc1N=C=S.COC(=O)C1(c2ccc(N(CC(C)C)CC(C)C)c(Nc3nc4ccccc4[nH]3)c2)CCCC1.O=C=O.O=C=O.S=C(Cl)Cl.[Li+].[OH-]. The number of carbonyl (C=O) groups is 2. The summed E-state index contributed by atoms with van der Waals surface area (Å²) in [6, 6.07) is 42.3. The minimum Gasteiger partial charge on any atom is -0.870 e. The van der Waals surface area contributed by atoms with Crippen LogP contribution in [-0.4, -0.2) is 123 Å². The number of fused-ring (bicyclic) bond motifs is 2. The summed E-state index contributed by atoms with van der Waals surface area (Å²) in [7, 11) is 1.50. The predicted molar refractivity (Wildman–Crippen MR) is 519 cm³/mol. The molecule has 12 rings (SSSR count). The Labute approximate surface area is 778 Å². The molecule has 4 aliphatic carbocycles. The van der Waals surface area contributed by atoms with E-state index in [9.17, 15) is 14.7 Å². The van der Waals surface area contributed by atoms with E-state index in [0.717, 1.165) is 158 Å². The molecule has 4 aliphatic rings. The number of carboxylic acid groups (broad SMARTS) is 1. The van der Waals surface area contributed by atoms with Gasteiger partial charge in [0.2, 0.25) is 11.9 Å². The molecule has 8 N–H and O–H groups in total. The zero-order chi connectivity index (χ0) is 90.9. The maximum absolute atomic E-state index is 13.0. The van der Waals surface area contributed by atoms with Gasteiger partial charge in [0.15, 0.2) is 3.78 Å². The first-order chi connectivity index (χ1) is 58.3. The van der Waals surface area contributed by atoms with Crippen molar-refractivity contribution in [1.82, 2.24) is 19.9 Å². The van der Waals surface area contributed by atoms with Crippen LogP contribution in [0.5, 0.6) is 0 Å². The number of carbonyl (C=O) groups excluding carboxylic acids is 5. The van der Waals surface area contributed by atoms with Crippen molar-refractivity contribution in [2.24, 2.45) is 52.3 Å². The molecule has 21 nitrogen and oxygen atoms in total. The van der Waals surface area contributed by atoms with Crippen molar-refractivity contribution in [3.05, 3.63) is 144 Å². The zero-order valence-corrected chi connectivity index (χ0v) is 81.3. The molecule has 0 spiro atoms. The van der Waals surface area contributed by atoms with Gasteiger partial charge in [-0.3, -0.25) is 9.59 Å². The van der Waals surface area contributed by atoms with E-state index in [1.807, 2.05) is 54.6 Å². The van der Waals surface area contributed by atoms with E-state index in [0.29, 0.717) is 82.9 Å². The van der Waals surface area contributed by atoms with Crippen LogP contribution in [-0.2, 0) is 55.2 Å². The van der Waals surface area contributed by atoms with Crippen molar-refractivity contribution in [1.29, 1.82) is 0 Å². The second kappa shape index (κ2) is 52.8. The summed E-state index contributed by atoms with van der Waals surface area (Å²) >= 11 is 18.5. The summed E-state index contributed by atoms with van der Waals surface area (Å²) in [6.07, 6.45) is 18.0. The van der Waals surface area contributed by atoms with Crippen molar-refractivity contribution in [2.75, 3.05) is 95.4 Å². The van der Waals surface area contributed by atoms with E-state index in [1.165, 1.54) is 81.0 Å². The van der Waals surface area contributed by atoms with Gasteiger partial charge in [0.1, 0.15) is 0 Å². The number of halogens is 2. The molecule has 0 bridgehead atoms. The number of imidazole rings is 2. The number of isothiocyanates is 1. The largest absolute Gasteiger partial charge is 1.00 e. The van der Waals surface area contributed by atoms with Crippen LogP contribution in [0.15, 0.2) is 126 Å². The Morgan fingerprint density at radius 3 is 1.09 bits per heavy atom. The summed E-state index contributed by atoms with van der Waals surface area (Å²) in [5.74, 6) is 5.08. The predicted octanol–water partition coefficient (Wildman–Crippen LogP) is 21.7. The first-order valence-corrected chi connectivity index (χ1v) is 45.9. The number of benzene rings is 6. The number of hydrogen-bond donors (Lipinski definition) is 6. The number of H-pyrrole nitrogens is 2. The Morgan fingerprint density at radius 2 is 0.768 bits per heavy atom. The van der Waals surface area contributed by atoms with Crippen LogP contribution in [0.2, 0.25) is 0 Å². The molecule has 2 aromatic heterocycles. The van der Waals surface area contributed by atoms with Gasteiger partial charge in [0.05, 0.1) is 90.7 Å². The molecule has 8 aromatic rings. The van der Waals surface area contributed by atoms with Crippen LogP contribution in [0.3, 0.4) is 0 Å². The molecule has 0 radical (unpaired) electrons. The molecule has 4 fully saturated rings. The minimum atomic E-state index is -0.802. The Hall–Kier alpha value is -8.41. The Morgan fingerprint density at radius 1 is 0.480 bits per heavy atom. The smallest absolute Gasteiger partial charge is 0.870 e. The number of nitrogen functional groups attached to an aromatic ring is 1. The van der Waals surface area contributed by atoms with Gasteiger partial charge in [-0.2, -0.15) is 24.2 Å². The normalized spacial score (nSPS) is 14.8. The zero-order valence-electron chi connectivity index (χ0n) is 78.2. The number of aliphatic imine (C=N–C) groups is 1. The van der Waals surface area contributed by atoms with Crippen LogP contribution in [0.1, 0.15) is 250 Å². The molecule has 0 atom stereocenters. The number of methoxy groups -OCH3 is 1. The number of esters is 1. The Kier molecular flexibility index (Phi) is 46.0. The number of nitrogens with zero attached hydrogens (tertiary/aromatic N) is 7. The first-order valence-electron chi connectivity index (χ1n) is 44.3. The summed E-state index contributed by atoms with van der Waals surface area (Å²) in [4.78, 5) is 88.2. The summed E-state index contributed by atoms with van der Waals surface area (Å²) in [6.45, 7) is 48.8. The summed E-state index contributed by atoms with van der Waals surface area (Å²) in [5.41, 5.74) is 22.7. The molecular weight excluding hydrogens is 1640 g/mol. The third-order valence-corrected chi connectivity index (χ3v) is 23.4. The molecule has 0 unspecified atom stereocenters. The molecule has 2 heterocycles. The molecule has 0 saturated heterocycles. The third kappa shape index (κ3) is 32.4. The van der Waals surface area contributed by atoms with Crippen LogP contribution in [0, 0.1) is 47.3 Å². The molecule has 6 aromatic carbocycles. The van der Waals surface area contributed by atoms with Gasteiger partial charge in [-0.25, -0.2) is 9.97 Å². The van der Waals surface area contributed by atoms with Crippen LogP contribution in [0.4, 0.5) is 57.4 Å². The fourth-order valence-electron chi connectivity index (χ4n) is 18.1. The second-order valence-electron chi connectivity index (χ2n) is 37.7. The van der Waals surface area contributed by atoms with E-state index in [2.05, 4.69) is 254 Å². The Balaban J connectivity index is 0.000000340. The molecule has 0 amide bonds. The fourth-order valence-corrected chi connectivity index (χ4v) is 18.2. The first kappa shape index (κ1) is 109. The number of ether oxygens (including phenoxy) is 1. The fraction of sp³-hybridized carbons (Fsp3) is 0.556. The molecule has 4 saturated carbocycles. The maximum Gasteiger partial charge on any atom is 1.00 e. The van der Waals surface area contributed by atoms with Gasteiger partial charge in [0, 0.05) is 52.4 Å². The van der Waals surface area contributed by atoms with Crippen molar-refractivity contribution in [2.45, 2.75) is 249 Å². The van der Waals surface area contributed by atoms with Gasteiger partial charge in [0.25, 0.3) is 0 Å². The van der Waals surface area contributed by atoms with E-state index < -0.39 is 16.8 Å². The minimum absolute atomic E-state index is 0. The molecule has 125 heavy (non-hydrogen) atoms. The second-order valence-corrected chi connectivity index (χ2v) is 39.7. The molecule has 678 valence electrons. The summed E-state index contributed by atoms with van der Waals surface area (Å²) in [5, 5.41) is 19.8. The monoisotopic (exact) mass is 1780 g/mol. The standard InChI is InChI=1S/C28H38N4O2.C27H36N4O2.C21H32N2S.C20H34N2.CCl2S.2CO2.Li.H2O/c1-19(2)17-32(18-20(3)4)25-13-12-21(28(26(33)34-5)14-8-9-15-28)16-24(25)31-27-29-22-10-6-7-11-23(22)30-27;1-18(2)16-31(17-19(3)4)24-12-11-20(27(25(32)33)13-7-8-14-27)15-23(24)30-26-28-21-9-5-6-10-22(21)29-26;1-16(2)13-23(14-17(3)4)20-9-8-18(12-19(20)22-15-24)21(5)10-6-7-11-21;1-15(2)13-22(14-16(3)4)19-9-8-17(12-18(19)21)20(5)10-6-7-11-20;2-1(3)4;2*2-1-3;;/h6-7,10-13,16,19-20H,8-9,14-15,17-18H2,1-5H3,(H2,29,30,31);5-6,9-12,15,18-19H,7-8,13-14,16-17H2,1-4H3,(H,32,33)(H2,28,29,30);8-9,12,16-17H,6-7,10-11,13-14H2,1-5H3;8-9,12,15-16H,6-7,10-11,13-14,21H2,1-5H3;;;;;1H2/q;;;;;;;+1;/p-1. The Bertz CT molecular complexity index is 4650. The molecular formula is C99H141Cl2LiN12O9S2. The number of thiocarbonyl (C=S) groups is 2. The van der Waals surface area contributed by atoms with Crippen LogP contribution in [0.25, 0.3) is 22.1 Å². The quantitative estimate of drug-likeness (QED) is 0.00587. The van der Waals surface area contributed by atoms with E-state index in [1.54, 1.807) is 0 Å². The molecule has 0 aliphatic heterocycles. The topological polar surface area (TPSA) is 295 Å². The van der Waals surface area contributed by atoms with E-state index in [-0.39, 0.29) is 46.4 Å². The van der Waals surface area contributed by atoms with Crippen molar-refractivity contribution < 1.29 is 62.9 Å². The van der Waals surface area contributed by atoms with E-state index in [4.69, 9.17) is 75.0 Å². The number of rotatable bonds is 31. The van der Waals surface area contributed by atoms with Crippen molar-refractivity contribution >= 4 is 160 Å². The molecule has 26 heteroatoms. The average Bonchev–Trinajstić information content (AvgIpc) is 1.74. The third-order valence-electron chi connectivity index (χ3n) is 23.3. The van der Waals surface area contributed by atoms with Crippen LogP contribution >= 0.6 is 47.6 Å². The number of nitrogens with one attached hydrogen (secondary N) is 4. The number of anilines is 9. The van der Waals surface area contributed by atoms with E-state index >= 15 is 0 Å². The van der Waals surface area contributed by atoms with Crippen LogP contribution < -0.4 is 54.8 Å². The average molecular weight is 1790 g/mol. The van der Waals surface area contributed by atoms with Gasteiger partial charge >= 0.3 is 43.1 Å². The van der Waals surface area contributed by atoms with Gasteiger partial charge in [-0.05, 0) is 217 Å². The van der Waals surface area contributed by atoms with Crippen molar-refractivity contribution in [3.8, 4) is 0 Å². The maximum atomic E-state index is 13.0. The number of para-hydroxylation sites is 4. The number of hydrogen-bond acceptors (Lipinski definition) is 20. The summed E-state index contributed by atoms with van der Waals surface area (Å²) < 4.78 is 5.23. The number of aromatic amines is 2.